The highest BCUT2D eigenvalue weighted by atomic mass is 16.6. The number of anilines is 1. The van der Waals surface area contributed by atoms with Crippen LogP contribution in [0.3, 0.4) is 0 Å². The van der Waals surface area contributed by atoms with Crippen LogP contribution in [-0.4, -0.2) is 42.4 Å². The molecule has 110 valence electrons. The molecule has 0 aliphatic rings. The number of benzene rings is 1. The zero-order chi connectivity index (χ0) is 15.0. The maximum atomic E-state index is 11.8. The predicted molar refractivity (Wildman–Crippen MR) is 73.1 cm³/mol. The molecule has 0 saturated carbocycles. The summed E-state index contributed by atoms with van der Waals surface area (Å²) in [6, 6.07) is 7.56. The quantitative estimate of drug-likeness (QED) is 0.724. The van der Waals surface area contributed by atoms with Gasteiger partial charge in [-0.1, -0.05) is 18.2 Å². The summed E-state index contributed by atoms with van der Waals surface area (Å²) in [7, 11) is 0. The summed E-state index contributed by atoms with van der Waals surface area (Å²) in [6.07, 6.45) is -1.63. The van der Waals surface area contributed by atoms with E-state index in [0.717, 1.165) is 0 Å². The molecule has 1 aromatic carbocycles. The van der Waals surface area contributed by atoms with Crippen molar-refractivity contribution in [2.45, 2.75) is 26.0 Å². The number of esters is 2. The first kappa shape index (κ1) is 16.0. The summed E-state index contributed by atoms with van der Waals surface area (Å²) in [6.45, 7) is 3.54. The van der Waals surface area contributed by atoms with Crippen molar-refractivity contribution in [3.63, 3.8) is 0 Å². The van der Waals surface area contributed by atoms with Crippen molar-refractivity contribution in [1.82, 2.24) is 0 Å². The molecule has 0 aliphatic heterocycles. The number of rotatable bonds is 7. The van der Waals surface area contributed by atoms with E-state index in [1.165, 1.54) is 0 Å². The summed E-state index contributed by atoms with van der Waals surface area (Å²) >= 11 is 0. The van der Waals surface area contributed by atoms with Crippen molar-refractivity contribution in [1.29, 1.82) is 0 Å². The minimum Gasteiger partial charge on any atom is -0.464 e. The second kappa shape index (κ2) is 8.16. The molecule has 0 fully saturated rings. The summed E-state index contributed by atoms with van der Waals surface area (Å²) < 4.78 is 9.57. The van der Waals surface area contributed by atoms with Gasteiger partial charge in [0, 0.05) is 5.69 Å². The van der Waals surface area contributed by atoms with Crippen LogP contribution in [-0.2, 0) is 19.1 Å². The van der Waals surface area contributed by atoms with Gasteiger partial charge in [0.2, 0.25) is 0 Å². The third-order valence-corrected chi connectivity index (χ3v) is 2.48. The van der Waals surface area contributed by atoms with Crippen LogP contribution in [0.2, 0.25) is 0 Å². The van der Waals surface area contributed by atoms with Crippen LogP contribution in [0.4, 0.5) is 5.69 Å². The van der Waals surface area contributed by atoms with Gasteiger partial charge in [-0.2, -0.15) is 0 Å². The predicted octanol–water partition coefficient (Wildman–Crippen LogP) is 0.954. The average molecular weight is 281 g/mol. The number of carbonyl (C=O) groups excluding carboxylic acids is 2. The number of aliphatic hydroxyl groups is 1. The van der Waals surface area contributed by atoms with E-state index < -0.39 is 24.1 Å². The highest BCUT2D eigenvalue weighted by Crippen LogP contribution is 2.11. The van der Waals surface area contributed by atoms with Gasteiger partial charge in [0.15, 0.2) is 12.1 Å². The number of para-hydroxylation sites is 1. The zero-order valence-electron chi connectivity index (χ0n) is 11.5. The summed E-state index contributed by atoms with van der Waals surface area (Å²) in [5.41, 5.74) is 0.592. The van der Waals surface area contributed by atoms with E-state index in [-0.39, 0.29) is 13.2 Å². The Kier molecular flexibility index (Phi) is 6.52. The zero-order valence-corrected chi connectivity index (χ0v) is 11.5. The van der Waals surface area contributed by atoms with Crippen LogP contribution in [0.5, 0.6) is 0 Å². The minimum absolute atomic E-state index is 0.122. The fraction of sp³-hybridized carbons (Fsp3) is 0.429. The smallest absolute Gasteiger partial charge is 0.337 e. The molecule has 0 heterocycles. The van der Waals surface area contributed by atoms with Gasteiger partial charge in [-0.3, -0.25) is 0 Å². The van der Waals surface area contributed by atoms with Gasteiger partial charge in [-0.05, 0) is 26.0 Å². The first-order valence-electron chi connectivity index (χ1n) is 6.43. The Morgan fingerprint density at radius 2 is 1.65 bits per heavy atom. The van der Waals surface area contributed by atoms with Crippen molar-refractivity contribution in [2.24, 2.45) is 0 Å². The lowest BCUT2D eigenvalue weighted by Crippen LogP contribution is -2.46. The Hall–Kier alpha value is -2.08. The van der Waals surface area contributed by atoms with E-state index in [9.17, 15) is 14.7 Å². The van der Waals surface area contributed by atoms with Gasteiger partial charge >= 0.3 is 11.9 Å². The van der Waals surface area contributed by atoms with E-state index >= 15 is 0 Å². The molecule has 6 nitrogen and oxygen atoms in total. The largest absolute Gasteiger partial charge is 0.464 e. The van der Waals surface area contributed by atoms with Gasteiger partial charge in [0.1, 0.15) is 0 Å². The number of aliphatic hydroxyl groups excluding tert-OH is 1. The van der Waals surface area contributed by atoms with Gasteiger partial charge in [-0.15, -0.1) is 0 Å². The first-order valence-corrected chi connectivity index (χ1v) is 6.43. The van der Waals surface area contributed by atoms with Gasteiger partial charge in [0.05, 0.1) is 13.2 Å². The monoisotopic (exact) mass is 281 g/mol. The van der Waals surface area contributed by atoms with Crippen LogP contribution in [0.25, 0.3) is 0 Å². The molecular formula is C14H19NO5. The van der Waals surface area contributed by atoms with E-state index in [1.807, 2.05) is 6.07 Å². The molecule has 6 heteroatoms. The Morgan fingerprint density at radius 3 is 2.20 bits per heavy atom. The number of nitrogens with one attached hydrogen (secondary N) is 1. The minimum atomic E-state index is -1.63. The average Bonchev–Trinajstić information content (AvgIpc) is 2.45. The van der Waals surface area contributed by atoms with Gasteiger partial charge < -0.3 is 19.9 Å². The van der Waals surface area contributed by atoms with E-state index in [0.29, 0.717) is 5.69 Å². The molecule has 0 aromatic heterocycles. The maximum absolute atomic E-state index is 11.8. The molecule has 1 rings (SSSR count). The van der Waals surface area contributed by atoms with Gasteiger partial charge in [0.25, 0.3) is 0 Å². The normalized spacial score (nSPS) is 13.2. The van der Waals surface area contributed by atoms with Crippen molar-refractivity contribution in [3.8, 4) is 0 Å². The molecule has 0 amide bonds. The standard InChI is InChI=1S/C14H19NO5/c1-3-19-13(17)11(12(16)14(18)20-4-2)15-10-8-6-5-7-9-10/h5-9,11-12,15-16H,3-4H2,1-2H3. The second-order valence-electron chi connectivity index (χ2n) is 3.94. The molecule has 0 saturated heterocycles. The molecular weight excluding hydrogens is 262 g/mol. The molecule has 0 spiro atoms. The fourth-order valence-corrected chi connectivity index (χ4v) is 1.58. The number of carbonyl (C=O) groups is 2. The summed E-state index contributed by atoms with van der Waals surface area (Å²) in [5, 5.41) is 12.7. The van der Waals surface area contributed by atoms with E-state index in [1.54, 1.807) is 38.1 Å². The maximum Gasteiger partial charge on any atom is 0.337 e. The topological polar surface area (TPSA) is 84.9 Å². The fourth-order valence-electron chi connectivity index (χ4n) is 1.58. The van der Waals surface area contributed by atoms with Crippen LogP contribution in [0.1, 0.15) is 13.8 Å². The first-order chi connectivity index (χ1) is 9.60. The summed E-state index contributed by atoms with van der Waals surface area (Å²) in [4.78, 5) is 23.4. The Labute approximate surface area is 117 Å². The molecule has 0 aliphatic carbocycles. The van der Waals surface area contributed by atoms with Crippen LogP contribution in [0.15, 0.2) is 30.3 Å². The van der Waals surface area contributed by atoms with Crippen LogP contribution < -0.4 is 5.32 Å². The molecule has 1 aromatic rings. The van der Waals surface area contributed by atoms with Crippen LogP contribution >= 0.6 is 0 Å². The van der Waals surface area contributed by atoms with Crippen molar-refractivity contribution in [2.75, 3.05) is 18.5 Å². The molecule has 20 heavy (non-hydrogen) atoms. The van der Waals surface area contributed by atoms with Gasteiger partial charge in [-0.25, -0.2) is 9.59 Å². The van der Waals surface area contributed by atoms with Crippen molar-refractivity contribution in [3.05, 3.63) is 30.3 Å². The molecule has 0 bridgehead atoms. The molecule has 2 unspecified atom stereocenters. The third kappa shape index (κ3) is 4.55. The van der Waals surface area contributed by atoms with E-state index in [4.69, 9.17) is 9.47 Å². The third-order valence-electron chi connectivity index (χ3n) is 2.48. The lowest BCUT2D eigenvalue weighted by atomic mass is 10.1. The number of ether oxygens (including phenoxy) is 2. The van der Waals surface area contributed by atoms with Crippen molar-refractivity contribution < 1.29 is 24.2 Å². The SMILES string of the molecule is CCOC(=O)C(O)C(Nc1ccccc1)C(=O)OCC. The summed E-state index contributed by atoms with van der Waals surface area (Å²) in [5.74, 6) is -1.58. The van der Waals surface area contributed by atoms with Crippen molar-refractivity contribution >= 4 is 17.6 Å². The lowest BCUT2D eigenvalue weighted by Gasteiger charge is -2.22. The van der Waals surface area contributed by atoms with E-state index in [2.05, 4.69) is 5.32 Å². The Bertz CT molecular complexity index is 434. The molecule has 0 radical (unpaired) electrons. The number of hydrogen-bond acceptors (Lipinski definition) is 6. The molecule has 2 N–H and O–H groups in total. The molecule has 2 atom stereocenters. The second-order valence-corrected chi connectivity index (χ2v) is 3.94. The Morgan fingerprint density at radius 1 is 1.10 bits per heavy atom. The highest BCUT2D eigenvalue weighted by molar-refractivity contribution is 5.88. The number of hydrogen-bond donors (Lipinski definition) is 2. The highest BCUT2D eigenvalue weighted by Gasteiger charge is 2.34. The Balaban J connectivity index is 2.84. The lowest BCUT2D eigenvalue weighted by molar-refractivity contribution is -0.160. The van der Waals surface area contributed by atoms with Crippen LogP contribution in [0, 0.1) is 0 Å².